The van der Waals surface area contributed by atoms with Crippen LogP contribution in [0.2, 0.25) is 0 Å². The molecule has 1 unspecified atom stereocenters. The van der Waals surface area contributed by atoms with Gasteiger partial charge in [0, 0.05) is 5.25 Å². The summed E-state index contributed by atoms with van der Waals surface area (Å²) >= 11 is 1.81. The Morgan fingerprint density at radius 2 is 2.09 bits per heavy atom. The molecule has 0 saturated carbocycles. The Bertz CT molecular complexity index is 119. The molecule has 0 aromatic carbocycles. The van der Waals surface area contributed by atoms with Gasteiger partial charge >= 0.3 is 0 Å². The van der Waals surface area contributed by atoms with E-state index in [1.54, 1.807) is 0 Å². The Kier molecular flexibility index (Phi) is 5.60. The molecular formula is C8H17NOS. The smallest absolute Gasteiger partial charge is 0.136 e. The molecule has 11 heavy (non-hydrogen) atoms. The topological polar surface area (TPSA) is 43.1 Å². The van der Waals surface area contributed by atoms with E-state index >= 15 is 0 Å². The van der Waals surface area contributed by atoms with Crippen molar-refractivity contribution in [1.29, 1.82) is 0 Å². The molecule has 0 radical (unpaired) electrons. The SMILES string of the molecule is CS[C@H](C)CC(C)[C@H](N)C=O. The quantitative estimate of drug-likeness (QED) is 0.640. The summed E-state index contributed by atoms with van der Waals surface area (Å²) in [6, 6.07) is -0.287. The van der Waals surface area contributed by atoms with Gasteiger partial charge < -0.3 is 10.5 Å². The van der Waals surface area contributed by atoms with Gasteiger partial charge in [-0.2, -0.15) is 11.8 Å². The van der Waals surface area contributed by atoms with E-state index in [9.17, 15) is 4.79 Å². The molecule has 3 atom stereocenters. The van der Waals surface area contributed by atoms with Crippen molar-refractivity contribution in [1.82, 2.24) is 0 Å². The van der Waals surface area contributed by atoms with Crippen molar-refractivity contribution in [2.75, 3.05) is 6.26 Å². The first-order valence-electron chi connectivity index (χ1n) is 3.85. The summed E-state index contributed by atoms with van der Waals surface area (Å²) in [6.07, 6.45) is 3.92. The van der Waals surface area contributed by atoms with E-state index in [1.165, 1.54) is 0 Å². The van der Waals surface area contributed by atoms with E-state index in [1.807, 2.05) is 18.7 Å². The van der Waals surface area contributed by atoms with Crippen LogP contribution in [0.4, 0.5) is 0 Å². The van der Waals surface area contributed by atoms with Crippen LogP contribution in [0.5, 0.6) is 0 Å². The zero-order valence-corrected chi connectivity index (χ0v) is 8.23. The fraction of sp³-hybridized carbons (Fsp3) is 0.875. The molecule has 0 aromatic heterocycles. The molecule has 0 aliphatic heterocycles. The van der Waals surface area contributed by atoms with Gasteiger partial charge in [0.2, 0.25) is 0 Å². The Morgan fingerprint density at radius 3 is 2.45 bits per heavy atom. The second kappa shape index (κ2) is 5.61. The van der Waals surface area contributed by atoms with Crippen molar-refractivity contribution >= 4 is 18.0 Å². The van der Waals surface area contributed by atoms with Crippen molar-refractivity contribution in [3.05, 3.63) is 0 Å². The number of hydrogen-bond donors (Lipinski definition) is 1. The number of carbonyl (C=O) groups excluding carboxylic acids is 1. The van der Waals surface area contributed by atoms with Gasteiger partial charge in [-0.25, -0.2) is 0 Å². The number of nitrogens with two attached hydrogens (primary N) is 1. The molecule has 0 amide bonds. The maximum absolute atomic E-state index is 10.3. The van der Waals surface area contributed by atoms with Crippen LogP contribution in [0.15, 0.2) is 0 Å². The Labute approximate surface area is 72.9 Å². The van der Waals surface area contributed by atoms with E-state index < -0.39 is 0 Å². The normalized spacial score (nSPS) is 18.9. The molecule has 0 rings (SSSR count). The van der Waals surface area contributed by atoms with Gasteiger partial charge in [-0.15, -0.1) is 0 Å². The van der Waals surface area contributed by atoms with Gasteiger partial charge in [0.15, 0.2) is 0 Å². The van der Waals surface area contributed by atoms with Crippen LogP contribution in [-0.2, 0) is 4.79 Å². The van der Waals surface area contributed by atoms with Gasteiger partial charge in [0.1, 0.15) is 6.29 Å². The minimum absolute atomic E-state index is 0.287. The second-order valence-corrected chi connectivity index (χ2v) is 4.25. The molecule has 0 spiro atoms. The standard InChI is InChI=1S/C8H17NOS/c1-6(8(9)5-10)4-7(2)11-3/h5-8H,4,9H2,1-3H3/t6?,7-,8-/m1/s1. The van der Waals surface area contributed by atoms with Crippen molar-refractivity contribution in [2.45, 2.75) is 31.6 Å². The third kappa shape index (κ3) is 4.43. The number of carbonyl (C=O) groups is 1. The molecule has 0 heterocycles. The fourth-order valence-electron chi connectivity index (χ4n) is 0.911. The zero-order valence-electron chi connectivity index (χ0n) is 7.41. The lowest BCUT2D eigenvalue weighted by atomic mass is 9.99. The van der Waals surface area contributed by atoms with Crippen LogP contribution >= 0.6 is 11.8 Å². The summed E-state index contributed by atoms with van der Waals surface area (Å²) in [4.78, 5) is 10.3. The maximum Gasteiger partial charge on any atom is 0.136 e. The van der Waals surface area contributed by atoms with E-state index in [0.717, 1.165) is 12.7 Å². The highest BCUT2D eigenvalue weighted by Crippen LogP contribution is 2.16. The second-order valence-electron chi connectivity index (χ2n) is 2.97. The third-order valence-electron chi connectivity index (χ3n) is 1.92. The largest absolute Gasteiger partial charge is 0.322 e. The fourth-order valence-corrected chi connectivity index (χ4v) is 1.41. The molecule has 0 aromatic rings. The molecular weight excluding hydrogens is 158 g/mol. The molecule has 2 nitrogen and oxygen atoms in total. The van der Waals surface area contributed by atoms with Gasteiger partial charge in [-0.3, -0.25) is 0 Å². The van der Waals surface area contributed by atoms with Crippen molar-refractivity contribution in [3.63, 3.8) is 0 Å². The molecule has 0 aliphatic rings. The number of thioether (sulfide) groups is 1. The summed E-state index contributed by atoms with van der Waals surface area (Å²) in [7, 11) is 0. The van der Waals surface area contributed by atoms with Gasteiger partial charge in [-0.05, 0) is 18.6 Å². The van der Waals surface area contributed by atoms with E-state index in [0.29, 0.717) is 11.2 Å². The number of aldehydes is 1. The van der Waals surface area contributed by atoms with Crippen LogP contribution in [-0.4, -0.2) is 23.8 Å². The lowest BCUT2D eigenvalue weighted by Gasteiger charge is -2.17. The zero-order chi connectivity index (χ0) is 8.85. The first kappa shape index (κ1) is 11.0. The molecule has 66 valence electrons. The van der Waals surface area contributed by atoms with Crippen LogP contribution in [0.1, 0.15) is 20.3 Å². The number of rotatable bonds is 5. The summed E-state index contributed by atoms with van der Waals surface area (Å²) in [5, 5.41) is 0.594. The lowest BCUT2D eigenvalue weighted by molar-refractivity contribution is -0.109. The Morgan fingerprint density at radius 1 is 1.55 bits per heavy atom. The van der Waals surface area contributed by atoms with Crippen molar-refractivity contribution in [2.24, 2.45) is 11.7 Å². The summed E-state index contributed by atoms with van der Waals surface area (Å²) in [5.74, 6) is 0.301. The molecule has 0 bridgehead atoms. The predicted molar refractivity (Wildman–Crippen MR) is 50.8 cm³/mol. The first-order valence-corrected chi connectivity index (χ1v) is 5.14. The van der Waals surface area contributed by atoms with Crippen molar-refractivity contribution in [3.8, 4) is 0 Å². The first-order chi connectivity index (χ1) is 5.11. The minimum Gasteiger partial charge on any atom is -0.322 e. The van der Waals surface area contributed by atoms with Crippen LogP contribution in [0, 0.1) is 5.92 Å². The van der Waals surface area contributed by atoms with E-state index in [2.05, 4.69) is 13.2 Å². The van der Waals surface area contributed by atoms with E-state index in [4.69, 9.17) is 5.73 Å². The minimum atomic E-state index is -0.287. The average molecular weight is 175 g/mol. The van der Waals surface area contributed by atoms with Crippen LogP contribution in [0.25, 0.3) is 0 Å². The van der Waals surface area contributed by atoms with Gasteiger partial charge in [0.25, 0.3) is 0 Å². The highest BCUT2D eigenvalue weighted by Gasteiger charge is 2.14. The van der Waals surface area contributed by atoms with Gasteiger partial charge in [0.05, 0.1) is 6.04 Å². The molecule has 3 heteroatoms. The highest BCUT2D eigenvalue weighted by atomic mass is 32.2. The lowest BCUT2D eigenvalue weighted by Crippen LogP contribution is -2.31. The number of hydrogen-bond acceptors (Lipinski definition) is 3. The summed E-state index contributed by atoms with van der Waals surface area (Å²) in [5.41, 5.74) is 5.54. The Hall–Kier alpha value is -0.0200. The van der Waals surface area contributed by atoms with Crippen molar-refractivity contribution < 1.29 is 4.79 Å². The third-order valence-corrected chi connectivity index (χ3v) is 2.92. The predicted octanol–water partition coefficient (Wildman–Crippen LogP) is 1.29. The average Bonchev–Trinajstić information content (AvgIpc) is 2.02. The highest BCUT2D eigenvalue weighted by molar-refractivity contribution is 7.99. The summed E-state index contributed by atoms with van der Waals surface area (Å²) < 4.78 is 0. The Balaban J connectivity index is 3.66. The van der Waals surface area contributed by atoms with E-state index in [-0.39, 0.29) is 6.04 Å². The summed E-state index contributed by atoms with van der Waals surface area (Å²) in [6.45, 7) is 4.17. The van der Waals surface area contributed by atoms with Gasteiger partial charge in [-0.1, -0.05) is 13.8 Å². The van der Waals surface area contributed by atoms with Crippen LogP contribution < -0.4 is 5.73 Å². The maximum atomic E-state index is 10.3. The molecule has 0 aliphatic carbocycles. The monoisotopic (exact) mass is 175 g/mol. The molecule has 0 fully saturated rings. The molecule has 0 saturated heterocycles. The van der Waals surface area contributed by atoms with Crippen LogP contribution in [0.3, 0.4) is 0 Å². The molecule has 2 N–H and O–H groups in total.